The van der Waals surface area contributed by atoms with E-state index in [1.807, 2.05) is 60.7 Å². The SMILES string of the molecule is c1ccc(-c2nc(-c3ccccc3)nc(-c3cccc(-c4ccc(-c5cccc(C67CC8CC(CC(C8)C6)C7)c5)c5ncoc45)c3)n2)cc1. The molecule has 2 aromatic heterocycles. The van der Waals surface area contributed by atoms with Gasteiger partial charge in [-0.15, -0.1) is 0 Å². The molecule has 7 aromatic rings. The van der Waals surface area contributed by atoms with Gasteiger partial charge >= 0.3 is 0 Å². The number of rotatable bonds is 6. The lowest BCUT2D eigenvalue weighted by molar-refractivity contribution is -0.00516. The smallest absolute Gasteiger partial charge is 0.182 e. The molecule has 0 saturated heterocycles. The summed E-state index contributed by atoms with van der Waals surface area (Å²) < 4.78 is 6.14. The molecule has 0 radical (unpaired) electrons. The first kappa shape index (κ1) is 28.6. The van der Waals surface area contributed by atoms with Gasteiger partial charge in [0.05, 0.1) is 0 Å². The second kappa shape index (κ2) is 11.3. The molecule has 0 unspecified atom stereocenters. The number of benzene rings is 5. The third-order valence-electron chi connectivity index (χ3n) is 11.4. The molecule has 11 rings (SSSR count). The van der Waals surface area contributed by atoms with Gasteiger partial charge in [-0.3, -0.25) is 0 Å². The Bertz CT molecular complexity index is 2230. The first-order valence-electron chi connectivity index (χ1n) is 17.6. The minimum atomic E-state index is 0.351. The van der Waals surface area contributed by atoms with E-state index >= 15 is 0 Å². The fraction of sp³-hybridized carbons (Fsp3) is 0.227. The van der Waals surface area contributed by atoms with Crippen molar-refractivity contribution in [3.63, 3.8) is 0 Å². The van der Waals surface area contributed by atoms with Gasteiger partial charge in [0.25, 0.3) is 0 Å². The van der Waals surface area contributed by atoms with Crippen LogP contribution >= 0.6 is 0 Å². The van der Waals surface area contributed by atoms with E-state index in [2.05, 4.69) is 60.7 Å². The zero-order chi connectivity index (χ0) is 32.4. The van der Waals surface area contributed by atoms with Crippen LogP contribution in [-0.4, -0.2) is 19.9 Å². The van der Waals surface area contributed by atoms with E-state index in [4.69, 9.17) is 24.4 Å². The van der Waals surface area contributed by atoms with Crippen molar-refractivity contribution in [2.75, 3.05) is 0 Å². The van der Waals surface area contributed by atoms with Crippen molar-refractivity contribution in [2.24, 2.45) is 17.8 Å². The molecule has 0 aliphatic heterocycles. The summed E-state index contributed by atoms with van der Waals surface area (Å²) >= 11 is 0. The van der Waals surface area contributed by atoms with Crippen LogP contribution in [0.25, 0.3) is 67.5 Å². The second-order valence-corrected chi connectivity index (χ2v) is 14.6. The second-order valence-electron chi connectivity index (χ2n) is 14.6. The maximum absolute atomic E-state index is 6.14. The van der Waals surface area contributed by atoms with Crippen LogP contribution in [0.1, 0.15) is 44.1 Å². The van der Waals surface area contributed by atoms with Crippen molar-refractivity contribution in [2.45, 2.75) is 43.9 Å². The Hall–Kier alpha value is -5.42. The van der Waals surface area contributed by atoms with Crippen molar-refractivity contribution in [1.29, 1.82) is 0 Å². The summed E-state index contributed by atoms with van der Waals surface area (Å²) in [5, 5.41) is 0. The molecular weight excluding hydrogens is 601 g/mol. The van der Waals surface area contributed by atoms with E-state index in [0.717, 1.165) is 62.2 Å². The van der Waals surface area contributed by atoms with Gasteiger partial charge in [-0.1, -0.05) is 109 Å². The highest BCUT2D eigenvalue weighted by Crippen LogP contribution is 2.61. The first-order chi connectivity index (χ1) is 24.2. The normalized spacial score (nSPS) is 22.5. The molecule has 5 heteroatoms. The van der Waals surface area contributed by atoms with Crippen LogP contribution in [0.5, 0.6) is 0 Å². The first-order valence-corrected chi connectivity index (χ1v) is 17.6. The van der Waals surface area contributed by atoms with Crippen LogP contribution in [0.4, 0.5) is 0 Å². The number of nitrogens with zero attached hydrogens (tertiary/aromatic N) is 4. The van der Waals surface area contributed by atoms with Gasteiger partial charge in [0.2, 0.25) is 0 Å². The average Bonchev–Trinajstić information content (AvgIpc) is 3.65. The molecule has 238 valence electrons. The molecular formula is C44H36N4O. The Morgan fingerprint density at radius 2 is 1.00 bits per heavy atom. The van der Waals surface area contributed by atoms with Gasteiger partial charge in [-0.2, -0.15) is 0 Å². The molecule has 4 aliphatic rings. The van der Waals surface area contributed by atoms with Gasteiger partial charge in [0.15, 0.2) is 29.4 Å². The van der Waals surface area contributed by atoms with Gasteiger partial charge in [0, 0.05) is 27.8 Å². The van der Waals surface area contributed by atoms with Gasteiger partial charge in [-0.05, 0) is 90.5 Å². The number of hydrogen-bond donors (Lipinski definition) is 0. The molecule has 0 atom stereocenters. The summed E-state index contributed by atoms with van der Waals surface area (Å²) in [6.45, 7) is 0. The lowest BCUT2D eigenvalue weighted by atomic mass is 9.48. The van der Waals surface area contributed by atoms with Crippen molar-refractivity contribution in [1.82, 2.24) is 19.9 Å². The highest BCUT2D eigenvalue weighted by atomic mass is 16.3. The Balaban J connectivity index is 1.03. The molecule has 5 nitrogen and oxygen atoms in total. The minimum Gasteiger partial charge on any atom is -0.443 e. The molecule has 2 heterocycles. The molecule has 4 fully saturated rings. The van der Waals surface area contributed by atoms with E-state index in [0.29, 0.717) is 22.9 Å². The van der Waals surface area contributed by atoms with E-state index in [1.165, 1.54) is 49.7 Å². The Kier molecular flexibility index (Phi) is 6.61. The number of aromatic nitrogens is 4. The maximum Gasteiger partial charge on any atom is 0.182 e. The summed E-state index contributed by atoms with van der Waals surface area (Å²) in [5.74, 6) is 4.67. The van der Waals surface area contributed by atoms with Crippen LogP contribution in [-0.2, 0) is 5.41 Å². The molecule has 49 heavy (non-hydrogen) atoms. The third-order valence-corrected chi connectivity index (χ3v) is 11.4. The van der Waals surface area contributed by atoms with Crippen LogP contribution in [0.15, 0.2) is 132 Å². The van der Waals surface area contributed by atoms with Gasteiger partial charge < -0.3 is 4.42 Å². The molecule has 0 N–H and O–H groups in total. The summed E-state index contributed by atoms with van der Waals surface area (Å²) in [4.78, 5) is 19.6. The van der Waals surface area contributed by atoms with Gasteiger partial charge in [-0.25, -0.2) is 19.9 Å². The Labute approximate surface area is 286 Å². The minimum absolute atomic E-state index is 0.351. The standard InChI is InChI=1S/C44H36N4O/c1-3-9-31(10-4-1)41-46-42(32-11-5-2-6-12-32)48-43(47-41)35-15-7-13-33(22-35)38-18-17-37(39-40(38)49-27-45-39)34-14-8-16-36(23-34)44-24-28-19-29(25-44)21-30(20-28)26-44/h1-18,22-23,27-30H,19-21,24-26H2. The molecule has 4 aliphatic carbocycles. The van der Waals surface area contributed by atoms with Gasteiger partial charge in [0.1, 0.15) is 5.52 Å². The summed E-state index contributed by atoms with van der Waals surface area (Å²) in [6, 6.07) is 42.3. The van der Waals surface area contributed by atoms with Crippen LogP contribution in [0.2, 0.25) is 0 Å². The summed E-state index contributed by atoms with van der Waals surface area (Å²) in [7, 11) is 0. The zero-order valence-electron chi connectivity index (χ0n) is 27.3. The lowest BCUT2D eigenvalue weighted by Crippen LogP contribution is -2.48. The molecule has 4 bridgehead atoms. The topological polar surface area (TPSA) is 64.7 Å². The van der Waals surface area contributed by atoms with E-state index in [-0.39, 0.29) is 0 Å². The van der Waals surface area contributed by atoms with Crippen molar-refractivity contribution >= 4 is 11.1 Å². The van der Waals surface area contributed by atoms with E-state index in [9.17, 15) is 0 Å². The molecule has 0 amide bonds. The largest absolute Gasteiger partial charge is 0.443 e. The average molecular weight is 637 g/mol. The fourth-order valence-electron chi connectivity index (χ4n) is 9.65. The van der Waals surface area contributed by atoms with E-state index in [1.54, 1.807) is 6.39 Å². The quantitative estimate of drug-likeness (QED) is 0.182. The van der Waals surface area contributed by atoms with Crippen molar-refractivity contribution in [3.8, 4) is 56.4 Å². The third kappa shape index (κ3) is 4.99. The molecule has 0 spiro atoms. The van der Waals surface area contributed by atoms with Crippen LogP contribution < -0.4 is 0 Å². The Morgan fingerprint density at radius 1 is 0.490 bits per heavy atom. The highest BCUT2D eigenvalue weighted by Gasteiger charge is 2.51. The lowest BCUT2D eigenvalue weighted by Gasteiger charge is -2.57. The van der Waals surface area contributed by atoms with Crippen LogP contribution in [0, 0.1) is 17.8 Å². The predicted octanol–water partition coefficient (Wildman–Crippen LogP) is 10.8. The summed E-state index contributed by atoms with van der Waals surface area (Å²) in [6.07, 6.45) is 10.0. The number of fused-ring (bicyclic) bond motifs is 1. The highest BCUT2D eigenvalue weighted by molar-refractivity contribution is 5.99. The maximum atomic E-state index is 6.14. The number of oxazole rings is 1. The summed E-state index contributed by atoms with van der Waals surface area (Å²) in [5.41, 5.74) is 10.7. The van der Waals surface area contributed by atoms with Crippen LogP contribution in [0.3, 0.4) is 0 Å². The predicted molar refractivity (Wildman–Crippen MR) is 194 cm³/mol. The number of hydrogen-bond acceptors (Lipinski definition) is 5. The molecule has 5 aromatic carbocycles. The monoisotopic (exact) mass is 636 g/mol. The van der Waals surface area contributed by atoms with Crippen molar-refractivity contribution < 1.29 is 4.42 Å². The zero-order valence-corrected chi connectivity index (χ0v) is 27.3. The Morgan fingerprint density at radius 3 is 1.63 bits per heavy atom. The fourth-order valence-corrected chi connectivity index (χ4v) is 9.65. The van der Waals surface area contributed by atoms with Crippen molar-refractivity contribution in [3.05, 3.63) is 133 Å². The van der Waals surface area contributed by atoms with E-state index < -0.39 is 0 Å². The molecule has 4 saturated carbocycles.